The number of allylic oxidation sites excluding steroid dienone is 10. The van der Waals surface area contributed by atoms with E-state index in [9.17, 15) is 0 Å². The fourth-order valence-electron chi connectivity index (χ4n) is 4.52. The Morgan fingerprint density at radius 1 is 1.15 bits per heavy atom. The van der Waals surface area contributed by atoms with Gasteiger partial charge in [0, 0.05) is 67.5 Å². The molecule has 0 atom stereocenters. The number of rotatable bonds is 4. The molecule has 0 spiro atoms. The van der Waals surface area contributed by atoms with Gasteiger partial charge in [-0.15, -0.1) is 6.42 Å². The van der Waals surface area contributed by atoms with Gasteiger partial charge in [0.15, 0.2) is 5.65 Å². The Bertz CT molecular complexity index is 1290. The molecule has 3 aliphatic rings. The number of hydrogen-bond acceptors (Lipinski definition) is 5. The third kappa shape index (κ3) is 4.15. The van der Waals surface area contributed by atoms with E-state index in [-0.39, 0.29) is 0 Å². The van der Waals surface area contributed by atoms with Gasteiger partial charge in [0.2, 0.25) is 0 Å². The predicted molar refractivity (Wildman–Crippen MR) is 134 cm³/mol. The summed E-state index contributed by atoms with van der Waals surface area (Å²) in [7, 11) is 0. The lowest BCUT2D eigenvalue weighted by atomic mass is 9.96. The van der Waals surface area contributed by atoms with Crippen molar-refractivity contribution in [2.75, 3.05) is 32.7 Å². The maximum absolute atomic E-state index is 5.73. The summed E-state index contributed by atoms with van der Waals surface area (Å²) in [6, 6.07) is 0. The van der Waals surface area contributed by atoms with E-state index in [1.54, 1.807) is 0 Å². The lowest BCUT2D eigenvalue weighted by molar-refractivity contribution is 0.307. The maximum atomic E-state index is 5.73. The summed E-state index contributed by atoms with van der Waals surface area (Å²) in [5.41, 5.74) is 8.18. The third-order valence-corrected chi connectivity index (χ3v) is 6.25. The number of terminal acetylenes is 1. The summed E-state index contributed by atoms with van der Waals surface area (Å²) in [6.45, 7) is 6.90. The van der Waals surface area contributed by atoms with Gasteiger partial charge in [-0.05, 0) is 36.6 Å². The van der Waals surface area contributed by atoms with Crippen molar-refractivity contribution in [3.8, 4) is 12.3 Å². The van der Waals surface area contributed by atoms with Crippen LogP contribution in [-0.4, -0.2) is 52.2 Å². The lowest BCUT2D eigenvalue weighted by Gasteiger charge is -2.30. The number of nitrogens with zero attached hydrogens (tertiary/aromatic N) is 4. The number of piperazine rings is 1. The van der Waals surface area contributed by atoms with E-state index >= 15 is 0 Å². The minimum Gasteiger partial charge on any atom is -0.374 e. The highest BCUT2D eigenvalue weighted by Gasteiger charge is 2.18. The Morgan fingerprint density at radius 2 is 2.03 bits per heavy atom. The monoisotopic (exact) mass is 436 g/mol. The van der Waals surface area contributed by atoms with Crippen LogP contribution in [0.25, 0.3) is 16.8 Å². The molecule has 6 heteroatoms. The summed E-state index contributed by atoms with van der Waals surface area (Å²) in [5.74, 6) is 2.77. The zero-order valence-corrected chi connectivity index (χ0v) is 18.9. The number of dihydropyridines is 1. The molecule has 2 N–H and O–H groups in total. The van der Waals surface area contributed by atoms with E-state index in [1.807, 2.05) is 23.8 Å². The van der Waals surface area contributed by atoms with Gasteiger partial charge in [-0.2, -0.15) is 5.10 Å². The summed E-state index contributed by atoms with van der Waals surface area (Å²) >= 11 is 0. The first-order chi connectivity index (χ1) is 16.3. The number of aromatic nitrogens is 3. The van der Waals surface area contributed by atoms with Crippen molar-refractivity contribution >= 4 is 16.8 Å². The molecule has 1 fully saturated rings. The van der Waals surface area contributed by atoms with Crippen molar-refractivity contribution in [3.05, 3.63) is 89.2 Å². The summed E-state index contributed by atoms with van der Waals surface area (Å²) in [6.07, 6.45) is 27.6. The van der Waals surface area contributed by atoms with Crippen molar-refractivity contribution in [2.24, 2.45) is 0 Å². The first kappa shape index (κ1) is 21.0. The SMILES string of the molecule is C#CC1=C(/C(=C\C)c2cnn3cc(C4=CC=C(N5CCNCC5)C=CC4)cnc23)C=CCN1. The topological polar surface area (TPSA) is 57.5 Å². The number of hydrogen-bond donors (Lipinski definition) is 2. The summed E-state index contributed by atoms with van der Waals surface area (Å²) in [5, 5.41) is 11.3. The molecule has 0 saturated carbocycles. The Labute approximate surface area is 194 Å². The molecule has 0 radical (unpaired) electrons. The molecule has 4 heterocycles. The first-order valence-electron chi connectivity index (χ1n) is 11.4. The van der Waals surface area contributed by atoms with Gasteiger partial charge >= 0.3 is 0 Å². The standard InChI is InChI=1S/C27H28N6/c1-3-23(24-9-6-12-29-26(24)4-2)25-18-31-33-19-21(17-30-27(25)33)20-7-5-8-22(11-10-20)32-15-13-28-14-16-32/h2-3,5-6,8-11,17-19,28-29H,7,12-16H2,1H3/b23-3+. The van der Waals surface area contributed by atoms with E-state index in [0.717, 1.165) is 72.8 Å². The van der Waals surface area contributed by atoms with Crippen LogP contribution < -0.4 is 10.6 Å². The Morgan fingerprint density at radius 3 is 2.85 bits per heavy atom. The Hall–Kier alpha value is -3.82. The second-order valence-corrected chi connectivity index (χ2v) is 8.21. The molecule has 0 bridgehead atoms. The fourth-order valence-corrected chi connectivity index (χ4v) is 4.52. The van der Waals surface area contributed by atoms with Gasteiger partial charge in [-0.25, -0.2) is 9.50 Å². The van der Waals surface area contributed by atoms with Crippen LogP contribution in [0.5, 0.6) is 0 Å². The minimum atomic E-state index is 0.741. The number of nitrogens with one attached hydrogen (secondary N) is 2. The van der Waals surface area contributed by atoms with E-state index < -0.39 is 0 Å². The van der Waals surface area contributed by atoms with Gasteiger partial charge in [-0.3, -0.25) is 0 Å². The third-order valence-electron chi connectivity index (χ3n) is 6.25. The molecule has 1 aliphatic carbocycles. The molecule has 2 aromatic heterocycles. The van der Waals surface area contributed by atoms with Crippen molar-refractivity contribution in [1.82, 2.24) is 30.1 Å². The quantitative estimate of drug-likeness (QED) is 0.721. The van der Waals surface area contributed by atoms with Gasteiger partial charge in [-0.1, -0.05) is 36.3 Å². The Balaban J connectivity index is 1.46. The zero-order valence-electron chi connectivity index (χ0n) is 18.9. The molecule has 166 valence electrons. The largest absolute Gasteiger partial charge is 0.374 e. The van der Waals surface area contributed by atoms with Crippen molar-refractivity contribution < 1.29 is 0 Å². The van der Waals surface area contributed by atoms with Crippen LogP contribution in [0.3, 0.4) is 0 Å². The highest BCUT2D eigenvalue weighted by molar-refractivity contribution is 5.89. The predicted octanol–water partition coefficient (Wildman–Crippen LogP) is 3.31. The van der Waals surface area contributed by atoms with E-state index in [4.69, 9.17) is 11.4 Å². The average molecular weight is 437 g/mol. The van der Waals surface area contributed by atoms with Crippen LogP contribution in [0.1, 0.15) is 24.5 Å². The zero-order chi connectivity index (χ0) is 22.6. The second-order valence-electron chi connectivity index (χ2n) is 8.21. The van der Waals surface area contributed by atoms with Crippen LogP contribution in [0.15, 0.2) is 78.1 Å². The maximum Gasteiger partial charge on any atom is 0.162 e. The Kier molecular flexibility index (Phi) is 5.97. The van der Waals surface area contributed by atoms with Crippen LogP contribution in [0.2, 0.25) is 0 Å². The van der Waals surface area contributed by atoms with E-state index in [1.165, 1.54) is 11.3 Å². The molecule has 33 heavy (non-hydrogen) atoms. The molecule has 6 nitrogen and oxygen atoms in total. The molecule has 0 amide bonds. The van der Waals surface area contributed by atoms with Crippen LogP contribution in [0, 0.1) is 12.3 Å². The van der Waals surface area contributed by atoms with Gasteiger partial charge in [0.05, 0.1) is 11.9 Å². The minimum absolute atomic E-state index is 0.741. The highest BCUT2D eigenvalue weighted by Crippen LogP contribution is 2.30. The molecule has 5 rings (SSSR count). The van der Waals surface area contributed by atoms with Gasteiger partial charge < -0.3 is 15.5 Å². The molecule has 1 saturated heterocycles. The van der Waals surface area contributed by atoms with Crippen molar-refractivity contribution in [3.63, 3.8) is 0 Å². The normalized spacial score (nSPS) is 19.2. The van der Waals surface area contributed by atoms with Crippen LogP contribution >= 0.6 is 0 Å². The smallest absolute Gasteiger partial charge is 0.162 e. The average Bonchev–Trinajstić information content (AvgIpc) is 3.12. The molecule has 0 aromatic carbocycles. The summed E-state index contributed by atoms with van der Waals surface area (Å²) in [4.78, 5) is 7.24. The van der Waals surface area contributed by atoms with Crippen molar-refractivity contribution in [2.45, 2.75) is 13.3 Å². The molecule has 0 unspecified atom stereocenters. The van der Waals surface area contributed by atoms with Gasteiger partial charge in [0.25, 0.3) is 0 Å². The van der Waals surface area contributed by atoms with Crippen molar-refractivity contribution in [1.29, 1.82) is 0 Å². The van der Waals surface area contributed by atoms with Crippen LogP contribution in [-0.2, 0) is 0 Å². The molecular weight excluding hydrogens is 408 g/mol. The first-order valence-corrected chi connectivity index (χ1v) is 11.4. The van der Waals surface area contributed by atoms with Gasteiger partial charge in [0.1, 0.15) is 0 Å². The molecule has 2 aromatic rings. The lowest BCUT2D eigenvalue weighted by Crippen LogP contribution is -2.42. The summed E-state index contributed by atoms with van der Waals surface area (Å²) < 4.78 is 1.86. The molecular formula is C27H28N6. The van der Waals surface area contributed by atoms with Crippen LogP contribution in [0.4, 0.5) is 0 Å². The molecule has 2 aliphatic heterocycles. The van der Waals surface area contributed by atoms with E-state index in [0.29, 0.717) is 0 Å². The fraction of sp³-hybridized carbons (Fsp3) is 0.259. The second kappa shape index (κ2) is 9.35. The number of fused-ring (bicyclic) bond motifs is 1. The van der Waals surface area contributed by atoms with E-state index in [2.05, 4.69) is 75.3 Å². The highest BCUT2D eigenvalue weighted by atomic mass is 15.2.